The van der Waals surface area contributed by atoms with Crippen molar-refractivity contribution in [2.75, 3.05) is 19.0 Å². The molecule has 1 aliphatic heterocycles. The number of imidazole rings is 1. The molecule has 0 bridgehead atoms. The number of rotatable bonds is 9. The van der Waals surface area contributed by atoms with E-state index in [9.17, 15) is 4.39 Å². The molecule has 184 valence electrons. The third-order valence-corrected chi connectivity index (χ3v) is 6.87. The fourth-order valence-corrected chi connectivity index (χ4v) is 4.84. The van der Waals surface area contributed by atoms with Crippen LogP contribution in [0.3, 0.4) is 0 Å². The molecule has 1 unspecified atom stereocenters. The minimum Gasteiger partial charge on any atom is -0.497 e. The van der Waals surface area contributed by atoms with Gasteiger partial charge in [0.15, 0.2) is 0 Å². The van der Waals surface area contributed by atoms with Crippen molar-refractivity contribution in [2.45, 2.75) is 44.4 Å². The molecule has 6 nitrogen and oxygen atoms in total. The topological polar surface area (TPSA) is 61.2 Å². The van der Waals surface area contributed by atoms with Crippen LogP contribution in [0.15, 0.2) is 66.9 Å². The van der Waals surface area contributed by atoms with Crippen molar-refractivity contribution in [1.82, 2.24) is 14.5 Å². The molecule has 7 heteroatoms. The second-order valence-electron chi connectivity index (χ2n) is 9.51. The van der Waals surface area contributed by atoms with E-state index in [-0.39, 0.29) is 11.9 Å². The van der Waals surface area contributed by atoms with Gasteiger partial charge >= 0.3 is 0 Å². The van der Waals surface area contributed by atoms with E-state index in [4.69, 9.17) is 14.5 Å². The second-order valence-corrected chi connectivity index (χ2v) is 9.51. The summed E-state index contributed by atoms with van der Waals surface area (Å²) in [5.41, 5.74) is 4.96. The van der Waals surface area contributed by atoms with Crippen molar-refractivity contribution in [2.24, 2.45) is 0 Å². The molecule has 0 spiro atoms. The molecule has 2 aromatic heterocycles. The largest absolute Gasteiger partial charge is 0.497 e. The van der Waals surface area contributed by atoms with Crippen molar-refractivity contribution >= 4 is 5.82 Å². The minimum absolute atomic E-state index is 0.169. The molecule has 2 aliphatic rings. The van der Waals surface area contributed by atoms with Crippen LogP contribution in [-0.2, 0) is 17.8 Å². The molecule has 2 aromatic carbocycles. The highest BCUT2D eigenvalue weighted by atomic mass is 19.1. The fourth-order valence-electron chi connectivity index (χ4n) is 4.84. The van der Waals surface area contributed by atoms with Crippen LogP contribution in [0.25, 0.3) is 22.5 Å². The van der Waals surface area contributed by atoms with E-state index >= 15 is 0 Å². The number of pyridine rings is 1. The molecular weight excluding hydrogens is 455 g/mol. The van der Waals surface area contributed by atoms with Crippen LogP contribution in [-0.4, -0.2) is 34.3 Å². The zero-order chi connectivity index (χ0) is 24.5. The van der Waals surface area contributed by atoms with Gasteiger partial charge < -0.3 is 19.4 Å². The molecular formula is C29H29FN4O2. The standard InChI is InChI=1S/C29H29FN4O2/c1-35-25-11-2-19(3-12-25)17-36-18-24-10-13-27-33-28(20-4-6-22(30)7-5-20)29(34(24)27)21-14-15-31-26(16-21)32-23-8-9-23/h2-7,11-12,14-16,23-24H,8-10,13,17-18H2,1H3,(H,31,32). The van der Waals surface area contributed by atoms with Crippen LogP contribution in [0.2, 0.25) is 0 Å². The van der Waals surface area contributed by atoms with Crippen molar-refractivity contribution in [3.05, 3.63) is 84.1 Å². The molecule has 1 N–H and O–H groups in total. The summed E-state index contributed by atoms with van der Waals surface area (Å²) in [7, 11) is 1.67. The average molecular weight is 485 g/mol. The van der Waals surface area contributed by atoms with Crippen LogP contribution in [0.5, 0.6) is 5.75 Å². The van der Waals surface area contributed by atoms with Gasteiger partial charge in [-0.3, -0.25) is 0 Å². The summed E-state index contributed by atoms with van der Waals surface area (Å²) >= 11 is 0. The summed E-state index contributed by atoms with van der Waals surface area (Å²) in [5.74, 6) is 2.50. The third-order valence-electron chi connectivity index (χ3n) is 6.87. The molecule has 0 amide bonds. The number of hydrogen-bond acceptors (Lipinski definition) is 5. The number of nitrogens with zero attached hydrogens (tertiary/aromatic N) is 3. The summed E-state index contributed by atoms with van der Waals surface area (Å²) in [6, 6.07) is 19.4. The first-order valence-corrected chi connectivity index (χ1v) is 12.5. The van der Waals surface area contributed by atoms with Crippen molar-refractivity contribution in [1.29, 1.82) is 0 Å². The first-order valence-electron chi connectivity index (χ1n) is 12.5. The van der Waals surface area contributed by atoms with E-state index in [1.165, 1.54) is 25.0 Å². The van der Waals surface area contributed by atoms with Crippen LogP contribution in [0.1, 0.15) is 36.7 Å². The second kappa shape index (κ2) is 9.74. The molecule has 6 rings (SSSR count). The number of halogens is 1. The molecule has 1 aliphatic carbocycles. The number of aryl methyl sites for hydroxylation is 1. The van der Waals surface area contributed by atoms with Gasteiger partial charge in [-0.15, -0.1) is 0 Å². The number of fused-ring (bicyclic) bond motifs is 1. The van der Waals surface area contributed by atoms with Gasteiger partial charge in [0.05, 0.1) is 37.8 Å². The van der Waals surface area contributed by atoms with Gasteiger partial charge in [0.2, 0.25) is 0 Å². The fraction of sp³-hybridized carbons (Fsp3) is 0.310. The zero-order valence-electron chi connectivity index (χ0n) is 20.3. The highest BCUT2D eigenvalue weighted by Gasteiger charge is 2.31. The van der Waals surface area contributed by atoms with Crippen LogP contribution < -0.4 is 10.1 Å². The van der Waals surface area contributed by atoms with Crippen molar-refractivity contribution in [3.8, 4) is 28.3 Å². The predicted octanol–water partition coefficient (Wildman–Crippen LogP) is 6.04. The minimum atomic E-state index is -0.253. The molecule has 0 saturated heterocycles. The molecule has 36 heavy (non-hydrogen) atoms. The number of methoxy groups -OCH3 is 1. The Balaban J connectivity index is 1.31. The lowest BCUT2D eigenvalue weighted by Gasteiger charge is -2.18. The lowest BCUT2D eigenvalue weighted by Crippen LogP contribution is -2.13. The highest BCUT2D eigenvalue weighted by Crippen LogP contribution is 2.40. The van der Waals surface area contributed by atoms with Crippen molar-refractivity contribution in [3.63, 3.8) is 0 Å². The predicted molar refractivity (Wildman–Crippen MR) is 138 cm³/mol. The summed E-state index contributed by atoms with van der Waals surface area (Å²) in [4.78, 5) is 9.56. The Kier molecular flexibility index (Phi) is 6.15. The van der Waals surface area contributed by atoms with Gasteiger partial charge in [0.25, 0.3) is 0 Å². The third kappa shape index (κ3) is 4.71. The monoisotopic (exact) mass is 484 g/mol. The average Bonchev–Trinajstić information content (AvgIpc) is 3.51. The van der Waals surface area contributed by atoms with Gasteiger partial charge in [-0.2, -0.15) is 0 Å². The van der Waals surface area contributed by atoms with Gasteiger partial charge in [-0.25, -0.2) is 14.4 Å². The molecule has 3 heterocycles. The Morgan fingerprint density at radius 1 is 1.00 bits per heavy atom. The smallest absolute Gasteiger partial charge is 0.126 e. The van der Waals surface area contributed by atoms with Crippen LogP contribution >= 0.6 is 0 Å². The molecule has 1 saturated carbocycles. The lowest BCUT2D eigenvalue weighted by atomic mass is 10.0. The van der Waals surface area contributed by atoms with E-state index in [2.05, 4.69) is 20.9 Å². The number of aromatic nitrogens is 3. The summed E-state index contributed by atoms with van der Waals surface area (Å²) in [6.07, 6.45) is 6.06. The quantitative estimate of drug-likeness (QED) is 0.314. The zero-order valence-corrected chi connectivity index (χ0v) is 20.3. The summed E-state index contributed by atoms with van der Waals surface area (Å²) in [6.45, 7) is 1.12. The van der Waals surface area contributed by atoms with E-state index in [0.717, 1.165) is 58.3 Å². The van der Waals surface area contributed by atoms with Crippen LogP contribution in [0, 0.1) is 5.82 Å². The van der Waals surface area contributed by atoms with E-state index in [1.54, 1.807) is 19.2 Å². The van der Waals surface area contributed by atoms with Gasteiger partial charge in [0, 0.05) is 29.8 Å². The van der Waals surface area contributed by atoms with E-state index in [0.29, 0.717) is 19.3 Å². The Morgan fingerprint density at radius 2 is 1.81 bits per heavy atom. The normalized spacial score (nSPS) is 16.7. The summed E-state index contributed by atoms with van der Waals surface area (Å²) < 4.78 is 27.4. The Bertz CT molecular complexity index is 1350. The first kappa shape index (κ1) is 22.7. The van der Waals surface area contributed by atoms with Gasteiger partial charge in [0.1, 0.15) is 23.2 Å². The van der Waals surface area contributed by atoms with E-state index < -0.39 is 0 Å². The van der Waals surface area contributed by atoms with Crippen molar-refractivity contribution < 1.29 is 13.9 Å². The number of ether oxygens (including phenoxy) is 2. The maximum atomic E-state index is 13.7. The van der Waals surface area contributed by atoms with Gasteiger partial charge in [-0.05, 0) is 73.4 Å². The molecule has 1 fully saturated rings. The summed E-state index contributed by atoms with van der Waals surface area (Å²) in [5, 5.41) is 3.50. The maximum Gasteiger partial charge on any atom is 0.126 e. The Hall–Kier alpha value is -3.71. The highest BCUT2D eigenvalue weighted by molar-refractivity contribution is 5.80. The molecule has 1 atom stereocenters. The number of benzene rings is 2. The lowest BCUT2D eigenvalue weighted by molar-refractivity contribution is 0.0925. The van der Waals surface area contributed by atoms with E-state index in [1.807, 2.05) is 36.5 Å². The Morgan fingerprint density at radius 3 is 2.56 bits per heavy atom. The SMILES string of the molecule is COc1ccc(COCC2CCc3nc(-c4ccc(F)cc4)c(-c4ccnc(NC5CC5)c4)n32)cc1. The number of anilines is 1. The number of nitrogens with one attached hydrogen (secondary N) is 1. The van der Waals surface area contributed by atoms with Crippen LogP contribution in [0.4, 0.5) is 10.2 Å². The van der Waals surface area contributed by atoms with Gasteiger partial charge in [-0.1, -0.05) is 12.1 Å². The molecule has 0 radical (unpaired) electrons. The number of hydrogen-bond donors (Lipinski definition) is 1. The maximum absolute atomic E-state index is 13.7. The first-order chi connectivity index (χ1) is 17.7. The Labute approximate surface area is 210 Å². The molecule has 4 aromatic rings.